The fourth-order valence-corrected chi connectivity index (χ4v) is 1.57. The van der Waals surface area contributed by atoms with Gasteiger partial charge in [-0.1, -0.05) is 0 Å². The molecular weight excluding hydrogens is 216 g/mol. The Labute approximate surface area is 90.6 Å². The summed E-state index contributed by atoms with van der Waals surface area (Å²) in [5.74, 6) is -0.832. The van der Waals surface area contributed by atoms with E-state index in [0.29, 0.717) is 0 Å². The van der Waals surface area contributed by atoms with Crippen LogP contribution in [0.5, 0.6) is 0 Å². The molecule has 1 aromatic heterocycles. The van der Waals surface area contributed by atoms with E-state index in [-0.39, 0.29) is 18.9 Å². The average molecular weight is 228 g/mol. The molecule has 1 aliphatic heterocycles. The highest BCUT2D eigenvalue weighted by atomic mass is 16.5. The Hall–Kier alpha value is -1.51. The number of aliphatic hydroxyl groups excluding tert-OH is 2. The van der Waals surface area contributed by atoms with Crippen LogP contribution in [0.25, 0.3) is 0 Å². The molecule has 8 nitrogen and oxygen atoms in total. The molecule has 0 aromatic carbocycles. The predicted octanol–water partition coefficient (Wildman–Crippen LogP) is -1.98. The summed E-state index contributed by atoms with van der Waals surface area (Å²) in [6.45, 7) is -0.269. The summed E-state index contributed by atoms with van der Waals surface area (Å²) in [7, 11) is 0. The normalized spacial score (nSPS) is 29.5. The molecule has 1 unspecified atom stereocenters. The third kappa shape index (κ3) is 1.90. The Bertz CT molecular complexity index is 393. The minimum absolute atomic E-state index is 0.106. The Kier molecular flexibility index (Phi) is 2.86. The van der Waals surface area contributed by atoms with Crippen molar-refractivity contribution in [1.29, 1.82) is 0 Å². The first-order valence-corrected chi connectivity index (χ1v) is 4.77. The summed E-state index contributed by atoms with van der Waals surface area (Å²) in [4.78, 5) is 14.5. The molecule has 0 spiro atoms. The van der Waals surface area contributed by atoms with Gasteiger partial charge in [-0.25, -0.2) is 9.67 Å². The maximum atomic E-state index is 10.8. The molecule has 2 heterocycles. The number of hydrogen-bond acceptors (Lipinski definition) is 6. The van der Waals surface area contributed by atoms with Crippen LogP contribution in [0.1, 0.15) is 23.3 Å². The van der Waals surface area contributed by atoms with Gasteiger partial charge >= 0.3 is 0 Å². The summed E-state index contributed by atoms with van der Waals surface area (Å²) in [6, 6.07) is 0. The largest absolute Gasteiger partial charge is 0.394 e. The van der Waals surface area contributed by atoms with Crippen LogP contribution >= 0.6 is 0 Å². The van der Waals surface area contributed by atoms with Gasteiger partial charge in [-0.05, 0) is 0 Å². The van der Waals surface area contributed by atoms with E-state index in [4.69, 9.17) is 15.6 Å². The highest BCUT2D eigenvalue weighted by Crippen LogP contribution is 2.27. The SMILES string of the molecule is NC(=O)c1ncn([C@H]2CC(O)[C@@H](CO)O2)n1. The number of nitrogens with two attached hydrogens (primary N) is 1. The zero-order valence-corrected chi connectivity index (χ0v) is 8.35. The van der Waals surface area contributed by atoms with Crippen molar-refractivity contribution in [2.24, 2.45) is 5.73 Å². The molecule has 1 aromatic rings. The standard InChI is InChI=1S/C8H12N4O4/c9-7(15)8-10-3-12(11-8)6-1-4(14)5(2-13)16-6/h3-6,13-14H,1-2H2,(H2,9,15)/t4?,5-,6-/m1/s1. The fourth-order valence-electron chi connectivity index (χ4n) is 1.57. The Morgan fingerprint density at radius 2 is 2.50 bits per heavy atom. The lowest BCUT2D eigenvalue weighted by Crippen LogP contribution is -2.24. The lowest BCUT2D eigenvalue weighted by atomic mass is 10.2. The van der Waals surface area contributed by atoms with E-state index < -0.39 is 24.3 Å². The zero-order chi connectivity index (χ0) is 11.7. The monoisotopic (exact) mass is 228 g/mol. The van der Waals surface area contributed by atoms with Gasteiger partial charge in [-0.3, -0.25) is 4.79 Å². The van der Waals surface area contributed by atoms with Gasteiger partial charge < -0.3 is 20.7 Å². The van der Waals surface area contributed by atoms with Crippen LogP contribution in [0, 0.1) is 0 Å². The minimum atomic E-state index is -0.753. The van der Waals surface area contributed by atoms with Gasteiger partial charge in [0.15, 0.2) is 6.23 Å². The first-order chi connectivity index (χ1) is 7.61. The van der Waals surface area contributed by atoms with Crippen LogP contribution in [-0.2, 0) is 4.74 Å². The molecule has 16 heavy (non-hydrogen) atoms. The molecule has 0 radical (unpaired) electrons. The zero-order valence-electron chi connectivity index (χ0n) is 8.35. The number of hydrogen-bond donors (Lipinski definition) is 3. The molecule has 1 saturated heterocycles. The Balaban J connectivity index is 2.11. The van der Waals surface area contributed by atoms with Gasteiger partial charge in [0, 0.05) is 6.42 Å². The molecule has 0 aliphatic carbocycles. The van der Waals surface area contributed by atoms with Crippen LogP contribution < -0.4 is 5.73 Å². The molecule has 4 N–H and O–H groups in total. The summed E-state index contributed by atoms with van der Waals surface area (Å²) in [5, 5.41) is 22.2. The van der Waals surface area contributed by atoms with E-state index in [2.05, 4.69) is 10.1 Å². The van der Waals surface area contributed by atoms with Crippen LogP contribution in [0.2, 0.25) is 0 Å². The average Bonchev–Trinajstić information content (AvgIpc) is 2.83. The highest BCUT2D eigenvalue weighted by molar-refractivity contribution is 5.88. The van der Waals surface area contributed by atoms with E-state index in [1.165, 1.54) is 11.0 Å². The summed E-state index contributed by atoms with van der Waals surface area (Å²) >= 11 is 0. The molecule has 1 fully saturated rings. The van der Waals surface area contributed by atoms with Crippen molar-refractivity contribution in [2.75, 3.05) is 6.61 Å². The number of aromatic nitrogens is 3. The number of ether oxygens (including phenoxy) is 1. The third-order valence-corrected chi connectivity index (χ3v) is 2.41. The first-order valence-electron chi connectivity index (χ1n) is 4.77. The maximum Gasteiger partial charge on any atom is 0.288 e. The topological polar surface area (TPSA) is 123 Å². The highest BCUT2D eigenvalue weighted by Gasteiger charge is 2.35. The maximum absolute atomic E-state index is 10.8. The van der Waals surface area contributed by atoms with Crippen molar-refractivity contribution in [3.05, 3.63) is 12.2 Å². The van der Waals surface area contributed by atoms with Crippen LogP contribution in [0.4, 0.5) is 0 Å². The van der Waals surface area contributed by atoms with Crippen LogP contribution in [0.3, 0.4) is 0 Å². The second-order valence-corrected chi connectivity index (χ2v) is 3.53. The van der Waals surface area contributed by atoms with Gasteiger partial charge in [0.1, 0.15) is 12.4 Å². The van der Waals surface area contributed by atoms with Crippen molar-refractivity contribution in [3.63, 3.8) is 0 Å². The number of amides is 1. The van der Waals surface area contributed by atoms with Crippen LogP contribution in [-0.4, -0.2) is 49.7 Å². The van der Waals surface area contributed by atoms with E-state index in [0.717, 1.165) is 0 Å². The molecule has 0 saturated carbocycles. The number of nitrogens with zero attached hydrogens (tertiary/aromatic N) is 3. The molecule has 88 valence electrons. The minimum Gasteiger partial charge on any atom is -0.394 e. The van der Waals surface area contributed by atoms with Crippen LogP contribution in [0.15, 0.2) is 6.33 Å². The first kappa shape index (κ1) is 11.0. The van der Waals surface area contributed by atoms with Gasteiger partial charge in [-0.15, -0.1) is 5.10 Å². The second kappa shape index (κ2) is 4.16. The molecule has 1 aliphatic rings. The Morgan fingerprint density at radius 3 is 3.00 bits per heavy atom. The van der Waals surface area contributed by atoms with E-state index in [1.807, 2.05) is 0 Å². The van der Waals surface area contributed by atoms with E-state index in [9.17, 15) is 9.90 Å². The number of rotatable bonds is 3. The third-order valence-electron chi connectivity index (χ3n) is 2.41. The van der Waals surface area contributed by atoms with Gasteiger partial charge in [0.2, 0.25) is 5.82 Å². The molecular formula is C8H12N4O4. The Morgan fingerprint density at radius 1 is 1.75 bits per heavy atom. The predicted molar refractivity (Wildman–Crippen MR) is 50.2 cm³/mol. The van der Waals surface area contributed by atoms with Crippen molar-refractivity contribution in [1.82, 2.24) is 14.8 Å². The molecule has 2 rings (SSSR count). The fraction of sp³-hybridized carbons (Fsp3) is 0.625. The number of carbonyl (C=O) groups is 1. The lowest BCUT2D eigenvalue weighted by molar-refractivity contribution is -0.0485. The molecule has 3 atom stereocenters. The number of aliphatic hydroxyl groups is 2. The van der Waals surface area contributed by atoms with Crippen molar-refractivity contribution < 1.29 is 19.7 Å². The number of carbonyl (C=O) groups excluding carboxylic acids is 1. The lowest BCUT2D eigenvalue weighted by Gasteiger charge is -2.11. The van der Waals surface area contributed by atoms with E-state index in [1.54, 1.807) is 0 Å². The van der Waals surface area contributed by atoms with Gasteiger partial charge in [-0.2, -0.15) is 0 Å². The quantitative estimate of drug-likeness (QED) is 0.550. The molecule has 8 heteroatoms. The summed E-state index contributed by atoms with van der Waals surface area (Å²) in [6.07, 6.45) is -0.334. The molecule has 1 amide bonds. The van der Waals surface area contributed by atoms with Crippen molar-refractivity contribution >= 4 is 5.91 Å². The van der Waals surface area contributed by atoms with Crippen molar-refractivity contribution in [3.8, 4) is 0 Å². The van der Waals surface area contributed by atoms with Crippen molar-refractivity contribution in [2.45, 2.75) is 24.9 Å². The number of primary amides is 1. The molecule has 0 bridgehead atoms. The summed E-state index contributed by atoms with van der Waals surface area (Å²) < 4.78 is 6.61. The van der Waals surface area contributed by atoms with Gasteiger partial charge in [0.25, 0.3) is 5.91 Å². The second-order valence-electron chi connectivity index (χ2n) is 3.53. The summed E-state index contributed by atoms with van der Waals surface area (Å²) in [5.41, 5.74) is 5.00. The van der Waals surface area contributed by atoms with E-state index >= 15 is 0 Å². The van der Waals surface area contributed by atoms with Gasteiger partial charge in [0.05, 0.1) is 12.7 Å². The smallest absolute Gasteiger partial charge is 0.288 e.